The zero-order chi connectivity index (χ0) is 10.1. The van der Waals surface area contributed by atoms with Crippen molar-refractivity contribution in [2.45, 2.75) is 0 Å². The number of hydrogen-bond donors (Lipinski definition) is 1. The molecule has 1 heterocycles. The molecule has 0 spiro atoms. The van der Waals surface area contributed by atoms with Crippen molar-refractivity contribution in [3.63, 3.8) is 0 Å². The molecule has 4 nitrogen and oxygen atoms in total. The summed E-state index contributed by atoms with van der Waals surface area (Å²) in [5.41, 5.74) is 0.377. The Morgan fingerprint density at radius 1 is 1.43 bits per heavy atom. The van der Waals surface area contributed by atoms with Gasteiger partial charge in [0.1, 0.15) is 6.33 Å². The molecule has 0 bridgehead atoms. The molecule has 2 aromatic rings. The molecule has 0 unspecified atom stereocenters. The minimum Gasteiger partial charge on any atom is -0.250 e. The normalized spacial score (nSPS) is 10.4. The molecule has 1 aromatic carbocycles. The van der Waals surface area contributed by atoms with E-state index in [2.05, 4.69) is 26.1 Å². The maximum Gasteiger partial charge on any atom is 0.347 e. The van der Waals surface area contributed by atoms with Crippen molar-refractivity contribution in [2.24, 2.45) is 0 Å². The molecule has 2 rings (SSSR count). The molecule has 0 amide bonds. The smallest absolute Gasteiger partial charge is 0.250 e. The second-order valence-electron chi connectivity index (χ2n) is 2.66. The molecule has 0 aliphatic rings. The van der Waals surface area contributed by atoms with Crippen molar-refractivity contribution in [1.29, 1.82) is 0 Å². The first-order chi connectivity index (χ1) is 6.66. The minimum atomic E-state index is -0.292. The zero-order valence-corrected chi connectivity index (χ0v) is 9.21. The van der Waals surface area contributed by atoms with Gasteiger partial charge in [0.15, 0.2) is 0 Å². The van der Waals surface area contributed by atoms with Crippen LogP contribution in [0.3, 0.4) is 0 Å². The fourth-order valence-corrected chi connectivity index (χ4v) is 1.95. The fourth-order valence-electron chi connectivity index (χ4n) is 1.11. The minimum absolute atomic E-state index is 0.292. The quantitative estimate of drug-likeness (QED) is 0.864. The van der Waals surface area contributed by atoms with Gasteiger partial charge in [-0.15, -0.1) is 0 Å². The number of aromatic amines is 1. The summed E-state index contributed by atoms with van der Waals surface area (Å²) in [6, 6.07) is 5.21. The van der Waals surface area contributed by atoms with Crippen LogP contribution in [0.4, 0.5) is 0 Å². The van der Waals surface area contributed by atoms with E-state index in [1.807, 2.05) is 0 Å². The molecule has 0 saturated heterocycles. The Balaban J connectivity index is 2.63. The second kappa shape index (κ2) is 3.59. The van der Waals surface area contributed by atoms with Gasteiger partial charge in [-0.3, -0.25) is 0 Å². The number of nitrogens with one attached hydrogen (secondary N) is 1. The highest BCUT2D eigenvalue weighted by molar-refractivity contribution is 9.10. The fraction of sp³-hybridized carbons (Fsp3) is 0. The van der Waals surface area contributed by atoms with Crippen LogP contribution in [0.1, 0.15) is 0 Å². The summed E-state index contributed by atoms with van der Waals surface area (Å²) in [6.07, 6.45) is 1.40. The van der Waals surface area contributed by atoms with Crippen LogP contribution in [-0.4, -0.2) is 14.8 Å². The number of aromatic nitrogens is 3. The molecule has 0 aliphatic heterocycles. The molecule has 0 radical (unpaired) electrons. The van der Waals surface area contributed by atoms with Gasteiger partial charge in [-0.25, -0.2) is 14.5 Å². The van der Waals surface area contributed by atoms with E-state index in [-0.39, 0.29) is 5.69 Å². The molecule has 0 atom stereocenters. The maximum atomic E-state index is 11.2. The molecular weight excluding hydrogens is 269 g/mol. The summed E-state index contributed by atoms with van der Waals surface area (Å²) in [5.74, 6) is 0. The summed E-state index contributed by atoms with van der Waals surface area (Å²) < 4.78 is 2.18. The summed E-state index contributed by atoms with van der Waals surface area (Å²) in [6.45, 7) is 0. The molecular formula is C8H5BrClN3O. The van der Waals surface area contributed by atoms with Crippen molar-refractivity contribution >= 4 is 27.5 Å². The first-order valence-electron chi connectivity index (χ1n) is 3.75. The molecule has 0 saturated carbocycles. The van der Waals surface area contributed by atoms with E-state index >= 15 is 0 Å². The van der Waals surface area contributed by atoms with E-state index in [0.717, 1.165) is 4.47 Å². The first-order valence-corrected chi connectivity index (χ1v) is 4.92. The first kappa shape index (κ1) is 9.48. The number of benzene rings is 1. The Bertz CT molecular complexity index is 499. The monoisotopic (exact) mass is 273 g/mol. The Kier molecular flexibility index (Phi) is 2.43. The van der Waals surface area contributed by atoms with Gasteiger partial charge in [0, 0.05) is 9.50 Å². The summed E-state index contributed by atoms with van der Waals surface area (Å²) in [5, 5.41) is 6.49. The second-order valence-corrected chi connectivity index (χ2v) is 4.01. The number of nitrogens with zero attached hydrogens (tertiary/aromatic N) is 2. The highest BCUT2D eigenvalue weighted by atomic mass is 79.9. The Morgan fingerprint density at radius 3 is 2.79 bits per heavy atom. The highest BCUT2D eigenvalue weighted by Crippen LogP contribution is 2.20. The van der Waals surface area contributed by atoms with Gasteiger partial charge >= 0.3 is 5.69 Å². The Morgan fingerprint density at radius 2 is 2.21 bits per heavy atom. The van der Waals surface area contributed by atoms with Crippen LogP contribution in [0.2, 0.25) is 5.02 Å². The van der Waals surface area contributed by atoms with Crippen molar-refractivity contribution in [3.8, 4) is 5.69 Å². The molecule has 1 aromatic heterocycles. The maximum absolute atomic E-state index is 11.2. The van der Waals surface area contributed by atoms with Crippen LogP contribution >= 0.6 is 27.5 Å². The van der Waals surface area contributed by atoms with Gasteiger partial charge in [0.2, 0.25) is 0 Å². The van der Waals surface area contributed by atoms with E-state index in [0.29, 0.717) is 10.7 Å². The van der Waals surface area contributed by atoms with Gasteiger partial charge in [-0.05, 0) is 18.2 Å². The third kappa shape index (κ3) is 1.73. The third-order valence-corrected chi connectivity index (χ3v) is 2.35. The van der Waals surface area contributed by atoms with Gasteiger partial charge < -0.3 is 0 Å². The molecule has 0 aliphatic carbocycles. The lowest BCUT2D eigenvalue weighted by molar-refractivity contribution is 0.982. The summed E-state index contributed by atoms with van der Waals surface area (Å²) in [4.78, 5) is 11.2. The van der Waals surface area contributed by atoms with Crippen molar-refractivity contribution in [3.05, 3.63) is 44.5 Å². The van der Waals surface area contributed by atoms with E-state index < -0.39 is 0 Å². The third-order valence-electron chi connectivity index (χ3n) is 1.68. The lowest BCUT2D eigenvalue weighted by Gasteiger charge is -2.01. The number of hydrogen-bond acceptors (Lipinski definition) is 2. The molecule has 1 N–H and O–H groups in total. The van der Waals surface area contributed by atoms with E-state index in [1.165, 1.54) is 10.9 Å². The van der Waals surface area contributed by atoms with E-state index in [1.54, 1.807) is 18.2 Å². The average molecular weight is 275 g/mol. The van der Waals surface area contributed by atoms with Gasteiger partial charge in [-0.1, -0.05) is 27.5 Å². The van der Waals surface area contributed by atoms with E-state index in [4.69, 9.17) is 11.6 Å². The van der Waals surface area contributed by atoms with Crippen molar-refractivity contribution < 1.29 is 0 Å². The van der Waals surface area contributed by atoms with Gasteiger partial charge in [-0.2, -0.15) is 5.10 Å². The molecule has 72 valence electrons. The number of rotatable bonds is 1. The van der Waals surface area contributed by atoms with Crippen molar-refractivity contribution in [1.82, 2.24) is 14.8 Å². The van der Waals surface area contributed by atoms with E-state index in [9.17, 15) is 4.79 Å². The number of halogens is 2. The predicted molar refractivity (Wildman–Crippen MR) is 56.9 cm³/mol. The largest absolute Gasteiger partial charge is 0.347 e. The van der Waals surface area contributed by atoms with Gasteiger partial charge in [0.05, 0.1) is 5.69 Å². The highest BCUT2D eigenvalue weighted by Gasteiger charge is 2.02. The molecule has 0 fully saturated rings. The van der Waals surface area contributed by atoms with Crippen LogP contribution < -0.4 is 5.69 Å². The number of H-pyrrole nitrogens is 1. The lowest BCUT2D eigenvalue weighted by atomic mass is 10.3. The zero-order valence-electron chi connectivity index (χ0n) is 6.87. The predicted octanol–water partition coefficient (Wildman–Crippen LogP) is 1.98. The van der Waals surface area contributed by atoms with Crippen LogP contribution in [0.25, 0.3) is 5.69 Å². The van der Waals surface area contributed by atoms with Crippen LogP contribution in [0.5, 0.6) is 0 Å². The van der Waals surface area contributed by atoms with Crippen LogP contribution in [-0.2, 0) is 0 Å². The lowest BCUT2D eigenvalue weighted by Crippen LogP contribution is -2.13. The average Bonchev–Trinajstić information content (AvgIpc) is 2.49. The summed E-state index contributed by atoms with van der Waals surface area (Å²) in [7, 11) is 0. The molecule has 14 heavy (non-hydrogen) atoms. The Hall–Kier alpha value is -1.07. The SMILES string of the molecule is O=c1[nH]ncn1-c1cc(Cl)cc(Br)c1. The molecule has 6 heteroatoms. The Labute approximate surface area is 92.6 Å². The summed E-state index contributed by atoms with van der Waals surface area (Å²) >= 11 is 9.14. The topological polar surface area (TPSA) is 50.7 Å². The standard InChI is InChI=1S/C8H5BrClN3O/c9-5-1-6(10)3-7(2-5)13-4-11-12-8(13)14/h1-4H,(H,12,14). The van der Waals surface area contributed by atoms with Crippen molar-refractivity contribution in [2.75, 3.05) is 0 Å². The van der Waals surface area contributed by atoms with Crippen LogP contribution in [0.15, 0.2) is 33.8 Å². The van der Waals surface area contributed by atoms with Gasteiger partial charge in [0.25, 0.3) is 0 Å². The van der Waals surface area contributed by atoms with Crippen LogP contribution in [0, 0.1) is 0 Å².